The predicted octanol–water partition coefficient (Wildman–Crippen LogP) is 9.88. The number of aromatic nitrogens is 3. The van der Waals surface area contributed by atoms with E-state index in [-0.39, 0.29) is 0 Å². The van der Waals surface area contributed by atoms with Gasteiger partial charge in [-0.05, 0) is 44.2 Å². The van der Waals surface area contributed by atoms with E-state index in [1.807, 2.05) is 0 Å². The van der Waals surface area contributed by atoms with Crippen molar-refractivity contribution in [2.24, 2.45) is 11.8 Å². The molecule has 0 amide bonds. The molecule has 0 radical (unpaired) electrons. The van der Waals surface area contributed by atoms with Gasteiger partial charge in [0.05, 0.1) is 0 Å². The summed E-state index contributed by atoms with van der Waals surface area (Å²) in [4.78, 5) is 15.3. The molecule has 0 saturated carbocycles. The van der Waals surface area contributed by atoms with Crippen molar-refractivity contribution in [1.29, 1.82) is 0 Å². The van der Waals surface area contributed by atoms with Crippen LogP contribution in [0.3, 0.4) is 0 Å². The van der Waals surface area contributed by atoms with E-state index in [1.165, 1.54) is 27.5 Å². The third-order valence-corrected chi connectivity index (χ3v) is 8.66. The molecule has 3 heteroatoms. The first-order valence-electron chi connectivity index (χ1n) is 14.8. The molecule has 0 bridgehead atoms. The quantitative estimate of drug-likeness (QED) is 0.219. The second-order valence-electron chi connectivity index (χ2n) is 11.3. The molecule has 2 atom stereocenters. The van der Waals surface area contributed by atoms with E-state index < -0.39 is 0 Å². The van der Waals surface area contributed by atoms with E-state index in [0.29, 0.717) is 29.3 Å². The zero-order valence-corrected chi connectivity index (χ0v) is 23.9. The molecule has 0 spiro atoms. The summed E-state index contributed by atoms with van der Waals surface area (Å²) >= 11 is 0. The van der Waals surface area contributed by atoms with Crippen molar-refractivity contribution in [2.45, 2.75) is 6.92 Å². The Morgan fingerprint density at radius 1 is 0.488 bits per heavy atom. The van der Waals surface area contributed by atoms with Gasteiger partial charge in [-0.25, -0.2) is 15.0 Å². The molecule has 8 rings (SSSR count). The van der Waals surface area contributed by atoms with Gasteiger partial charge in [-0.15, -0.1) is 0 Å². The van der Waals surface area contributed by atoms with Gasteiger partial charge in [-0.1, -0.05) is 153 Å². The number of rotatable bonds is 4. The molecule has 5 aromatic carbocycles. The highest BCUT2D eigenvalue weighted by Crippen LogP contribution is 2.38. The van der Waals surface area contributed by atoms with E-state index in [1.54, 1.807) is 0 Å². The minimum absolute atomic E-state index is 0.311. The van der Waals surface area contributed by atoms with E-state index in [2.05, 4.69) is 153 Å². The van der Waals surface area contributed by atoms with Crippen LogP contribution in [0.5, 0.6) is 0 Å². The Bertz CT molecular complexity index is 2140. The highest BCUT2D eigenvalue weighted by Gasteiger charge is 2.26. The van der Waals surface area contributed by atoms with Gasteiger partial charge >= 0.3 is 0 Å². The average Bonchev–Trinajstić information content (AvgIpc) is 3.08. The molecule has 2 unspecified atom stereocenters. The molecule has 1 heterocycles. The van der Waals surface area contributed by atoms with E-state index >= 15 is 0 Å². The van der Waals surface area contributed by atoms with Crippen LogP contribution in [0.25, 0.3) is 61.0 Å². The third kappa shape index (κ3) is 4.50. The zero-order chi connectivity index (χ0) is 28.8. The molecule has 1 aromatic heterocycles. The molecule has 0 fully saturated rings. The molecule has 3 nitrogen and oxygen atoms in total. The van der Waals surface area contributed by atoms with Crippen molar-refractivity contribution in [3.05, 3.63) is 157 Å². The second kappa shape index (κ2) is 10.5. The van der Waals surface area contributed by atoms with Gasteiger partial charge in [0.2, 0.25) is 0 Å². The Morgan fingerprint density at radius 2 is 1.09 bits per heavy atom. The Labute approximate surface area is 251 Å². The number of allylic oxidation sites excluding steroid dienone is 8. The van der Waals surface area contributed by atoms with E-state index in [4.69, 9.17) is 15.0 Å². The van der Waals surface area contributed by atoms with Crippen molar-refractivity contribution >= 4 is 27.1 Å². The first-order chi connectivity index (χ1) is 21.2. The van der Waals surface area contributed by atoms with Gasteiger partial charge in [-0.2, -0.15) is 0 Å². The second-order valence-corrected chi connectivity index (χ2v) is 11.3. The number of hydrogen-bond donors (Lipinski definition) is 0. The molecule has 0 N–H and O–H groups in total. The maximum atomic E-state index is 5.13. The van der Waals surface area contributed by atoms with Crippen LogP contribution in [0.4, 0.5) is 0 Å². The molecule has 2 aliphatic carbocycles. The molecule has 43 heavy (non-hydrogen) atoms. The van der Waals surface area contributed by atoms with Crippen molar-refractivity contribution in [3.8, 4) is 33.9 Å². The fourth-order valence-electron chi connectivity index (χ4n) is 6.40. The van der Waals surface area contributed by atoms with Crippen LogP contribution in [0, 0.1) is 11.8 Å². The SMILES string of the molecule is CC1C=CC(c2nc(-c3ccc(-c4cccc5ccccc45)cc3)nc(-c3cccc4ccccc34)n2)=C2C=CC=CC21. The maximum absolute atomic E-state index is 5.13. The molecular weight excluding hydrogens is 522 g/mol. The van der Waals surface area contributed by atoms with Crippen molar-refractivity contribution in [2.75, 3.05) is 0 Å². The minimum atomic E-state index is 0.311. The van der Waals surface area contributed by atoms with E-state index in [9.17, 15) is 0 Å². The minimum Gasteiger partial charge on any atom is -0.208 e. The van der Waals surface area contributed by atoms with Gasteiger partial charge in [-0.3, -0.25) is 0 Å². The molecule has 2 aliphatic rings. The molecule has 0 aliphatic heterocycles. The highest BCUT2D eigenvalue weighted by atomic mass is 15.0. The van der Waals surface area contributed by atoms with Crippen molar-refractivity contribution < 1.29 is 0 Å². The van der Waals surface area contributed by atoms with Crippen LogP contribution in [0.2, 0.25) is 0 Å². The van der Waals surface area contributed by atoms with Crippen LogP contribution in [-0.2, 0) is 0 Å². The fraction of sp³-hybridized carbons (Fsp3) is 0.0750. The lowest BCUT2D eigenvalue weighted by Crippen LogP contribution is -2.16. The lowest BCUT2D eigenvalue weighted by atomic mass is 9.78. The topological polar surface area (TPSA) is 38.7 Å². The predicted molar refractivity (Wildman–Crippen MR) is 178 cm³/mol. The lowest BCUT2D eigenvalue weighted by molar-refractivity contribution is 0.585. The smallest absolute Gasteiger partial charge is 0.164 e. The van der Waals surface area contributed by atoms with Crippen LogP contribution < -0.4 is 0 Å². The summed E-state index contributed by atoms with van der Waals surface area (Å²) in [5.74, 6) is 2.78. The van der Waals surface area contributed by atoms with Gasteiger partial charge < -0.3 is 0 Å². The van der Waals surface area contributed by atoms with Crippen molar-refractivity contribution in [1.82, 2.24) is 15.0 Å². The zero-order valence-electron chi connectivity index (χ0n) is 23.9. The first kappa shape index (κ1) is 25.3. The summed E-state index contributed by atoms with van der Waals surface area (Å²) in [5.41, 5.74) is 6.66. The van der Waals surface area contributed by atoms with Gasteiger partial charge in [0.15, 0.2) is 17.5 Å². The normalized spacial score (nSPS) is 17.5. The Kier molecular flexibility index (Phi) is 6.15. The molecule has 204 valence electrons. The Balaban J connectivity index is 1.30. The summed E-state index contributed by atoms with van der Waals surface area (Å²) in [7, 11) is 0. The number of hydrogen-bond acceptors (Lipinski definition) is 3. The fourth-order valence-corrected chi connectivity index (χ4v) is 6.40. The van der Waals surface area contributed by atoms with Gasteiger partial charge in [0, 0.05) is 22.6 Å². The molecule has 0 saturated heterocycles. The standard InChI is InChI=1S/C40H29N3/c1-26-20-25-37(35-17-7-6-14-31(26)35)40-42-38(41-39(43-40)36-19-9-13-28-11-3-5-16-34(28)36)30-23-21-29(22-24-30)33-18-8-12-27-10-2-4-15-32(27)33/h2-26,31H,1H3. The van der Waals surface area contributed by atoms with Crippen LogP contribution in [-0.4, -0.2) is 15.0 Å². The summed E-state index contributed by atoms with van der Waals surface area (Å²) in [5, 5.41) is 4.77. The summed E-state index contributed by atoms with van der Waals surface area (Å²) in [6.07, 6.45) is 13.2. The first-order valence-corrected chi connectivity index (χ1v) is 14.8. The Hall–Kier alpha value is -5.41. The maximum Gasteiger partial charge on any atom is 0.164 e. The lowest BCUT2D eigenvalue weighted by Gasteiger charge is -2.27. The van der Waals surface area contributed by atoms with Crippen LogP contribution in [0.1, 0.15) is 12.7 Å². The average molecular weight is 552 g/mol. The largest absolute Gasteiger partial charge is 0.208 e. The third-order valence-electron chi connectivity index (χ3n) is 8.66. The van der Waals surface area contributed by atoms with Gasteiger partial charge in [0.1, 0.15) is 0 Å². The number of benzene rings is 5. The molecule has 6 aromatic rings. The summed E-state index contributed by atoms with van der Waals surface area (Å²) < 4.78 is 0. The van der Waals surface area contributed by atoms with Crippen LogP contribution in [0.15, 0.2) is 151 Å². The highest BCUT2D eigenvalue weighted by molar-refractivity contribution is 5.97. The van der Waals surface area contributed by atoms with Gasteiger partial charge in [0.25, 0.3) is 0 Å². The van der Waals surface area contributed by atoms with Crippen molar-refractivity contribution in [3.63, 3.8) is 0 Å². The summed E-state index contributed by atoms with van der Waals surface area (Å²) in [6, 6.07) is 38.3. The number of fused-ring (bicyclic) bond motifs is 3. The summed E-state index contributed by atoms with van der Waals surface area (Å²) in [6.45, 7) is 2.26. The molecular formula is C40H29N3. The Morgan fingerprint density at radius 3 is 1.86 bits per heavy atom. The van der Waals surface area contributed by atoms with Crippen LogP contribution >= 0.6 is 0 Å². The monoisotopic (exact) mass is 551 g/mol. The van der Waals surface area contributed by atoms with E-state index in [0.717, 1.165) is 27.5 Å². The number of nitrogens with zero attached hydrogens (tertiary/aromatic N) is 3.